The number of anilines is 2. The Morgan fingerprint density at radius 2 is 1.96 bits per heavy atom. The average Bonchev–Trinajstić information content (AvgIpc) is 3.06. The van der Waals surface area contributed by atoms with Crippen LogP contribution in [0.15, 0.2) is 36.5 Å². The zero-order valence-electron chi connectivity index (χ0n) is 12.5. The number of nitrogens with zero attached hydrogens (tertiary/aromatic N) is 2. The molecule has 0 radical (unpaired) electrons. The fourth-order valence-corrected chi connectivity index (χ4v) is 2.53. The first-order valence-electron chi connectivity index (χ1n) is 7.37. The number of ether oxygens (including phenoxy) is 1. The Morgan fingerprint density at radius 1 is 1.22 bits per heavy atom. The van der Waals surface area contributed by atoms with Gasteiger partial charge in [0.2, 0.25) is 0 Å². The van der Waals surface area contributed by atoms with Crippen molar-refractivity contribution in [2.24, 2.45) is 0 Å². The summed E-state index contributed by atoms with van der Waals surface area (Å²) in [6.07, 6.45) is 3.66. The van der Waals surface area contributed by atoms with Gasteiger partial charge in [-0.3, -0.25) is 5.32 Å². The number of amides is 2. The quantitative estimate of drug-likeness (QED) is 0.839. The van der Waals surface area contributed by atoms with Crippen LogP contribution in [-0.2, 0) is 0 Å². The van der Waals surface area contributed by atoms with Gasteiger partial charge in [0.1, 0.15) is 17.3 Å². The summed E-state index contributed by atoms with van der Waals surface area (Å²) in [6, 6.07) is 8.27. The molecule has 0 aliphatic carbocycles. The van der Waals surface area contributed by atoms with Crippen molar-refractivity contribution in [2.45, 2.75) is 12.8 Å². The standard InChI is InChI=1S/C16H17ClN4O2/c17-13-9-11(3-4-14(13)18)23-12-5-6-19-15(10-12)20-16(22)21-7-1-2-8-21/h3-6,9-10H,1-2,7-8,18H2,(H,19,20,22). The molecule has 1 fully saturated rings. The highest BCUT2D eigenvalue weighted by Crippen LogP contribution is 2.28. The maximum absolute atomic E-state index is 12.1. The fraction of sp³-hybridized carbons (Fsp3) is 0.250. The van der Waals surface area contributed by atoms with Crippen LogP contribution in [0.2, 0.25) is 5.02 Å². The predicted molar refractivity (Wildman–Crippen MR) is 90.0 cm³/mol. The molecule has 2 amide bonds. The maximum Gasteiger partial charge on any atom is 0.323 e. The van der Waals surface area contributed by atoms with E-state index in [-0.39, 0.29) is 6.03 Å². The van der Waals surface area contributed by atoms with Crippen molar-refractivity contribution in [3.63, 3.8) is 0 Å². The lowest BCUT2D eigenvalue weighted by Gasteiger charge is -2.16. The molecule has 3 rings (SSSR count). The Kier molecular flexibility index (Phi) is 4.52. The molecule has 1 aromatic heterocycles. The van der Waals surface area contributed by atoms with Crippen molar-refractivity contribution in [2.75, 3.05) is 24.1 Å². The summed E-state index contributed by atoms with van der Waals surface area (Å²) in [5, 5.41) is 3.21. The Balaban J connectivity index is 1.69. The van der Waals surface area contributed by atoms with Crippen molar-refractivity contribution < 1.29 is 9.53 Å². The van der Waals surface area contributed by atoms with Crippen LogP contribution in [0.3, 0.4) is 0 Å². The Labute approximate surface area is 139 Å². The molecule has 0 spiro atoms. The molecule has 1 aromatic carbocycles. The van der Waals surface area contributed by atoms with Crippen LogP contribution < -0.4 is 15.8 Å². The van der Waals surface area contributed by atoms with Crippen molar-refractivity contribution in [1.82, 2.24) is 9.88 Å². The number of nitrogens with one attached hydrogen (secondary N) is 1. The number of carbonyl (C=O) groups excluding carboxylic acids is 1. The van der Waals surface area contributed by atoms with Gasteiger partial charge in [0.05, 0.1) is 10.7 Å². The molecule has 2 heterocycles. The lowest BCUT2D eigenvalue weighted by Crippen LogP contribution is -2.32. The zero-order chi connectivity index (χ0) is 16.2. The van der Waals surface area contributed by atoms with Crippen molar-refractivity contribution >= 4 is 29.1 Å². The molecule has 120 valence electrons. The van der Waals surface area contributed by atoms with Gasteiger partial charge >= 0.3 is 6.03 Å². The SMILES string of the molecule is Nc1ccc(Oc2ccnc(NC(=O)N3CCCC3)c2)cc1Cl. The van der Waals surface area contributed by atoms with Crippen LogP contribution in [0, 0.1) is 0 Å². The second kappa shape index (κ2) is 6.75. The number of carbonyl (C=O) groups is 1. The van der Waals surface area contributed by atoms with E-state index in [4.69, 9.17) is 22.1 Å². The first kappa shape index (κ1) is 15.4. The summed E-state index contributed by atoms with van der Waals surface area (Å²) < 4.78 is 5.72. The third kappa shape index (κ3) is 3.84. The highest BCUT2D eigenvalue weighted by atomic mass is 35.5. The third-order valence-corrected chi connectivity index (χ3v) is 3.89. The number of hydrogen-bond donors (Lipinski definition) is 2. The molecule has 6 nitrogen and oxygen atoms in total. The highest BCUT2D eigenvalue weighted by Gasteiger charge is 2.18. The van der Waals surface area contributed by atoms with Crippen LogP contribution >= 0.6 is 11.6 Å². The molecule has 0 unspecified atom stereocenters. The molecular formula is C16H17ClN4O2. The van der Waals surface area contributed by atoms with E-state index < -0.39 is 0 Å². The minimum absolute atomic E-state index is 0.136. The van der Waals surface area contributed by atoms with Crippen molar-refractivity contribution in [3.8, 4) is 11.5 Å². The molecule has 1 aliphatic heterocycles. The van der Waals surface area contributed by atoms with Gasteiger partial charge < -0.3 is 15.4 Å². The van der Waals surface area contributed by atoms with Crippen LogP contribution in [0.5, 0.6) is 11.5 Å². The summed E-state index contributed by atoms with van der Waals surface area (Å²) in [5.41, 5.74) is 6.16. The van der Waals surface area contributed by atoms with Crippen molar-refractivity contribution in [3.05, 3.63) is 41.6 Å². The Bertz CT molecular complexity index is 717. The number of likely N-dealkylation sites (tertiary alicyclic amines) is 1. The number of benzene rings is 1. The predicted octanol–water partition coefficient (Wildman–Crippen LogP) is 3.74. The summed E-state index contributed by atoms with van der Waals surface area (Å²) in [6.45, 7) is 1.57. The molecule has 0 bridgehead atoms. The second-order valence-corrected chi connectivity index (χ2v) is 5.69. The molecule has 0 saturated carbocycles. The zero-order valence-corrected chi connectivity index (χ0v) is 13.2. The topological polar surface area (TPSA) is 80.5 Å². The van der Waals surface area contributed by atoms with E-state index in [9.17, 15) is 4.79 Å². The van der Waals surface area contributed by atoms with Gasteiger partial charge in [-0.05, 0) is 31.0 Å². The fourth-order valence-electron chi connectivity index (χ4n) is 2.36. The molecule has 23 heavy (non-hydrogen) atoms. The van der Waals surface area contributed by atoms with Gasteiger partial charge in [-0.15, -0.1) is 0 Å². The van der Waals surface area contributed by atoms with E-state index in [1.54, 1.807) is 41.4 Å². The highest BCUT2D eigenvalue weighted by molar-refractivity contribution is 6.33. The molecular weight excluding hydrogens is 316 g/mol. The number of nitrogen functional groups attached to an aromatic ring is 1. The minimum atomic E-state index is -0.136. The Hall–Kier alpha value is -2.47. The first-order valence-corrected chi connectivity index (χ1v) is 7.74. The van der Waals surface area contributed by atoms with Crippen LogP contribution in [0.25, 0.3) is 0 Å². The molecule has 7 heteroatoms. The summed E-state index contributed by atoms with van der Waals surface area (Å²) in [7, 11) is 0. The van der Waals surface area contributed by atoms with E-state index >= 15 is 0 Å². The van der Waals surface area contributed by atoms with Crippen LogP contribution in [0.4, 0.5) is 16.3 Å². The largest absolute Gasteiger partial charge is 0.457 e. The number of aromatic nitrogens is 1. The third-order valence-electron chi connectivity index (χ3n) is 3.57. The summed E-state index contributed by atoms with van der Waals surface area (Å²) >= 11 is 5.97. The van der Waals surface area contributed by atoms with Gasteiger partial charge in [0.25, 0.3) is 0 Å². The lowest BCUT2D eigenvalue weighted by atomic mass is 10.3. The second-order valence-electron chi connectivity index (χ2n) is 5.29. The Morgan fingerprint density at radius 3 is 2.70 bits per heavy atom. The number of nitrogens with two attached hydrogens (primary N) is 1. The van der Waals surface area contributed by atoms with Gasteiger partial charge in [-0.2, -0.15) is 0 Å². The molecule has 0 atom stereocenters. The lowest BCUT2D eigenvalue weighted by molar-refractivity contribution is 0.222. The number of rotatable bonds is 3. The van der Waals surface area contributed by atoms with Gasteiger partial charge in [-0.25, -0.2) is 9.78 Å². The minimum Gasteiger partial charge on any atom is -0.457 e. The van der Waals surface area contributed by atoms with E-state index in [0.717, 1.165) is 25.9 Å². The van der Waals surface area contributed by atoms with Gasteiger partial charge in [0, 0.05) is 31.4 Å². The van der Waals surface area contributed by atoms with E-state index in [2.05, 4.69) is 10.3 Å². The first-order chi connectivity index (χ1) is 11.1. The molecule has 3 N–H and O–H groups in total. The van der Waals surface area contributed by atoms with Crippen LogP contribution in [-0.4, -0.2) is 29.0 Å². The number of halogens is 1. The maximum atomic E-state index is 12.1. The summed E-state index contributed by atoms with van der Waals surface area (Å²) in [5.74, 6) is 1.56. The van der Waals surface area contributed by atoms with Crippen LogP contribution in [0.1, 0.15) is 12.8 Å². The van der Waals surface area contributed by atoms with Crippen molar-refractivity contribution in [1.29, 1.82) is 0 Å². The van der Waals surface area contributed by atoms with Gasteiger partial charge in [0.15, 0.2) is 0 Å². The molecule has 1 saturated heterocycles. The van der Waals surface area contributed by atoms with E-state index in [1.165, 1.54) is 0 Å². The van der Waals surface area contributed by atoms with Gasteiger partial charge in [-0.1, -0.05) is 11.6 Å². The average molecular weight is 333 g/mol. The molecule has 2 aromatic rings. The summed E-state index contributed by atoms with van der Waals surface area (Å²) in [4.78, 5) is 18.0. The van der Waals surface area contributed by atoms with E-state index in [1.807, 2.05) is 0 Å². The number of urea groups is 1. The normalized spacial score (nSPS) is 13.9. The number of hydrogen-bond acceptors (Lipinski definition) is 4. The molecule has 1 aliphatic rings. The monoisotopic (exact) mass is 332 g/mol. The smallest absolute Gasteiger partial charge is 0.323 e. The number of pyridine rings is 1. The van der Waals surface area contributed by atoms with E-state index in [0.29, 0.717) is 28.0 Å².